The summed E-state index contributed by atoms with van der Waals surface area (Å²) in [6.45, 7) is 8.01. The molecule has 0 aromatic heterocycles. The van der Waals surface area contributed by atoms with E-state index in [9.17, 15) is 19.2 Å². The van der Waals surface area contributed by atoms with E-state index in [1.165, 1.54) is 13.8 Å². The van der Waals surface area contributed by atoms with Crippen LogP contribution >= 0.6 is 0 Å². The Kier molecular flexibility index (Phi) is 8.14. The maximum absolute atomic E-state index is 11.4. The fourth-order valence-corrected chi connectivity index (χ4v) is 1.64. The molecule has 0 aromatic carbocycles. The molecule has 0 heterocycles. The molecule has 0 aliphatic carbocycles. The van der Waals surface area contributed by atoms with Gasteiger partial charge in [0, 0.05) is 19.3 Å². The highest BCUT2D eigenvalue weighted by Crippen LogP contribution is 2.30. The van der Waals surface area contributed by atoms with Gasteiger partial charge < -0.3 is 9.47 Å². The van der Waals surface area contributed by atoms with E-state index in [1.807, 2.05) is 24.5 Å². The molecule has 1 atom stereocenters. The third-order valence-corrected chi connectivity index (χ3v) is 3.42. The molecule has 0 rings (SSSR count). The monoisotopic (exact) mass is 316 g/mol. The Hall–Kier alpha value is -2.12. The van der Waals surface area contributed by atoms with Gasteiger partial charge in [0.1, 0.15) is 13.2 Å². The summed E-state index contributed by atoms with van der Waals surface area (Å²) in [4.78, 5) is 44.3. The smallest absolute Gasteiger partial charge is 0.413 e. The summed E-state index contributed by atoms with van der Waals surface area (Å²) in [5, 5.41) is 4.00. The maximum Gasteiger partial charge on any atom is 0.413 e. The second-order valence-electron chi connectivity index (χ2n) is 5.48. The molecular weight excluding hydrogens is 292 g/mol. The lowest BCUT2D eigenvalue weighted by Crippen LogP contribution is -2.41. The summed E-state index contributed by atoms with van der Waals surface area (Å²) in [6, 6.07) is 0. The van der Waals surface area contributed by atoms with Crippen molar-refractivity contribution in [3.05, 3.63) is 0 Å². The molecule has 22 heavy (non-hydrogen) atoms. The van der Waals surface area contributed by atoms with Gasteiger partial charge in [-0.2, -0.15) is 0 Å². The number of imide groups is 2. The number of carbonyl (C=O) groups excluding carboxylic acids is 4. The van der Waals surface area contributed by atoms with Gasteiger partial charge in [-0.15, -0.1) is 0 Å². The number of hydrogen-bond donors (Lipinski definition) is 2. The van der Waals surface area contributed by atoms with E-state index in [1.54, 1.807) is 6.92 Å². The first-order valence-electron chi connectivity index (χ1n) is 6.99. The fraction of sp³-hybridized carbons (Fsp3) is 0.714. The quantitative estimate of drug-likeness (QED) is 0.769. The van der Waals surface area contributed by atoms with Crippen molar-refractivity contribution in [3.8, 4) is 0 Å². The van der Waals surface area contributed by atoms with Crippen LogP contribution in [-0.4, -0.2) is 37.2 Å². The van der Waals surface area contributed by atoms with E-state index in [-0.39, 0.29) is 19.1 Å². The highest BCUT2D eigenvalue weighted by molar-refractivity contribution is 5.90. The molecule has 8 nitrogen and oxygen atoms in total. The Bertz CT molecular complexity index is 403. The molecule has 0 radical (unpaired) electrons. The second kappa shape index (κ2) is 9.01. The highest BCUT2D eigenvalue weighted by Gasteiger charge is 2.34. The van der Waals surface area contributed by atoms with Gasteiger partial charge in [-0.1, -0.05) is 27.2 Å². The molecule has 0 spiro atoms. The van der Waals surface area contributed by atoms with E-state index in [0.717, 1.165) is 6.42 Å². The number of nitrogens with one attached hydrogen (secondary N) is 2. The van der Waals surface area contributed by atoms with Crippen LogP contribution in [0.1, 0.15) is 41.0 Å². The van der Waals surface area contributed by atoms with Crippen molar-refractivity contribution >= 4 is 24.0 Å². The van der Waals surface area contributed by atoms with Crippen LogP contribution in [0.4, 0.5) is 9.59 Å². The summed E-state index contributed by atoms with van der Waals surface area (Å²) >= 11 is 0. The summed E-state index contributed by atoms with van der Waals surface area (Å²) in [6.07, 6.45) is -0.934. The molecule has 0 bridgehead atoms. The molecule has 0 aliphatic heterocycles. The number of alkyl carbamates (subject to hydrolysis) is 2. The van der Waals surface area contributed by atoms with E-state index in [0.29, 0.717) is 0 Å². The number of hydrogen-bond acceptors (Lipinski definition) is 6. The first-order valence-corrected chi connectivity index (χ1v) is 6.99. The first-order chi connectivity index (χ1) is 10.1. The van der Waals surface area contributed by atoms with Gasteiger partial charge in [-0.25, -0.2) is 9.59 Å². The van der Waals surface area contributed by atoms with Crippen molar-refractivity contribution in [2.45, 2.75) is 41.0 Å². The Morgan fingerprint density at radius 1 is 0.955 bits per heavy atom. The van der Waals surface area contributed by atoms with Crippen molar-refractivity contribution in [1.82, 2.24) is 10.6 Å². The minimum atomic E-state index is -0.852. The minimum Gasteiger partial charge on any atom is -0.449 e. The van der Waals surface area contributed by atoms with Gasteiger partial charge in [0.05, 0.1) is 0 Å². The molecule has 0 fully saturated rings. The van der Waals surface area contributed by atoms with Gasteiger partial charge in [0.15, 0.2) is 0 Å². The van der Waals surface area contributed by atoms with Crippen LogP contribution in [0.25, 0.3) is 0 Å². The lowest BCUT2D eigenvalue weighted by atomic mass is 9.78. The Morgan fingerprint density at radius 2 is 1.32 bits per heavy atom. The molecule has 126 valence electrons. The highest BCUT2D eigenvalue weighted by atomic mass is 16.6. The fourth-order valence-electron chi connectivity index (χ4n) is 1.64. The lowest BCUT2D eigenvalue weighted by molar-refractivity contribution is -0.119. The Morgan fingerprint density at radius 3 is 1.59 bits per heavy atom. The van der Waals surface area contributed by atoms with E-state index in [4.69, 9.17) is 9.47 Å². The van der Waals surface area contributed by atoms with Crippen molar-refractivity contribution in [2.75, 3.05) is 13.2 Å². The summed E-state index contributed by atoms with van der Waals surface area (Å²) < 4.78 is 10.0. The predicted octanol–water partition coefficient (Wildman–Crippen LogP) is 1.58. The van der Waals surface area contributed by atoms with Gasteiger partial charge in [-0.3, -0.25) is 20.2 Å². The van der Waals surface area contributed by atoms with Crippen molar-refractivity contribution in [2.24, 2.45) is 11.3 Å². The van der Waals surface area contributed by atoms with E-state index in [2.05, 4.69) is 0 Å². The van der Waals surface area contributed by atoms with Gasteiger partial charge in [0.25, 0.3) is 0 Å². The molecular formula is C14H24N2O6. The molecule has 0 saturated carbocycles. The first kappa shape index (κ1) is 19.9. The standard InChI is InChI=1S/C14H24N2O6/c1-6-9(2)14(5,7-21-12(19)15-10(3)17)8-22-13(20)16-11(4)18/h9H,6-8H2,1-5H3,(H,15,17,19)(H,16,18,20)/t9-/m1/s1. The van der Waals surface area contributed by atoms with Crippen LogP contribution in [0.3, 0.4) is 0 Å². The molecule has 4 amide bonds. The number of ether oxygens (including phenoxy) is 2. The summed E-state index contributed by atoms with van der Waals surface area (Å²) in [5.41, 5.74) is -0.642. The molecule has 0 saturated heterocycles. The summed E-state index contributed by atoms with van der Waals surface area (Å²) in [7, 11) is 0. The predicted molar refractivity (Wildman–Crippen MR) is 77.9 cm³/mol. The largest absolute Gasteiger partial charge is 0.449 e. The third kappa shape index (κ3) is 7.61. The van der Waals surface area contributed by atoms with Gasteiger partial charge >= 0.3 is 12.2 Å². The van der Waals surface area contributed by atoms with Gasteiger partial charge in [-0.05, 0) is 5.92 Å². The Labute approximate surface area is 129 Å². The SMILES string of the molecule is CC[C@@H](C)C(C)(COC(=O)NC(C)=O)COC(=O)NC(C)=O. The number of rotatable bonds is 6. The van der Waals surface area contributed by atoms with E-state index >= 15 is 0 Å². The van der Waals surface area contributed by atoms with Crippen LogP contribution in [0, 0.1) is 11.3 Å². The lowest BCUT2D eigenvalue weighted by Gasteiger charge is -2.33. The zero-order chi connectivity index (χ0) is 17.3. The maximum atomic E-state index is 11.4. The van der Waals surface area contributed by atoms with Crippen molar-refractivity contribution in [1.29, 1.82) is 0 Å². The topological polar surface area (TPSA) is 111 Å². The van der Waals surface area contributed by atoms with Crippen molar-refractivity contribution < 1.29 is 28.7 Å². The molecule has 8 heteroatoms. The normalized spacial score (nSPS) is 12.0. The Balaban J connectivity index is 4.65. The zero-order valence-electron chi connectivity index (χ0n) is 13.6. The van der Waals surface area contributed by atoms with Crippen molar-refractivity contribution in [3.63, 3.8) is 0 Å². The van der Waals surface area contributed by atoms with Crippen LogP contribution in [0.2, 0.25) is 0 Å². The van der Waals surface area contributed by atoms with Gasteiger partial charge in [0.2, 0.25) is 11.8 Å². The van der Waals surface area contributed by atoms with Crippen LogP contribution in [0.5, 0.6) is 0 Å². The average molecular weight is 316 g/mol. The van der Waals surface area contributed by atoms with Crippen LogP contribution in [-0.2, 0) is 19.1 Å². The molecule has 0 aliphatic rings. The number of amides is 4. The van der Waals surface area contributed by atoms with Crippen LogP contribution in [0.15, 0.2) is 0 Å². The van der Waals surface area contributed by atoms with Crippen LogP contribution < -0.4 is 10.6 Å². The summed E-state index contributed by atoms with van der Waals surface area (Å²) in [5.74, 6) is -0.970. The third-order valence-electron chi connectivity index (χ3n) is 3.42. The molecule has 0 unspecified atom stereocenters. The molecule has 0 aromatic rings. The van der Waals surface area contributed by atoms with E-state index < -0.39 is 29.4 Å². The number of carbonyl (C=O) groups is 4. The average Bonchev–Trinajstić information content (AvgIpc) is 2.40. The minimum absolute atomic E-state index is 0.0333. The zero-order valence-corrected chi connectivity index (χ0v) is 13.6. The molecule has 2 N–H and O–H groups in total. The second-order valence-corrected chi connectivity index (χ2v) is 5.48.